The number of fused-ring (bicyclic) bond motifs is 1. The van der Waals surface area contributed by atoms with Crippen molar-refractivity contribution in [2.75, 3.05) is 0 Å². The molecule has 1 heteroatoms. The molecule has 0 radical (unpaired) electrons. The monoisotopic (exact) mass is 172 g/mol. The topological polar surface area (TPSA) is 12.5 Å². The molecule has 1 aliphatic heterocycles. The normalized spacial score (nSPS) is 35.5. The maximum Gasteiger partial charge on any atom is 0.0947 e. The average molecular weight is 172 g/mol. The van der Waals surface area contributed by atoms with Crippen molar-refractivity contribution in [1.82, 2.24) is 0 Å². The lowest BCUT2D eigenvalue weighted by atomic mass is 9.89. The fourth-order valence-corrected chi connectivity index (χ4v) is 2.11. The lowest BCUT2D eigenvalue weighted by Crippen LogP contribution is -2.09. The molecule has 1 aliphatic carbocycles. The second kappa shape index (κ2) is 2.71. The van der Waals surface area contributed by atoms with Crippen LogP contribution in [0.5, 0.6) is 0 Å². The smallest absolute Gasteiger partial charge is 0.0947 e. The molecule has 1 heterocycles. The van der Waals surface area contributed by atoms with Gasteiger partial charge in [-0.25, -0.2) is 0 Å². The molecule has 66 valence electrons. The van der Waals surface area contributed by atoms with E-state index >= 15 is 0 Å². The van der Waals surface area contributed by atoms with Crippen molar-refractivity contribution in [3.63, 3.8) is 0 Å². The first kappa shape index (κ1) is 7.34. The Balaban J connectivity index is 1.93. The van der Waals surface area contributed by atoms with Crippen LogP contribution in [0.1, 0.15) is 17.9 Å². The van der Waals surface area contributed by atoms with Crippen LogP contribution in [-0.2, 0) is 4.74 Å². The molecule has 3 rings (SSSR count). The summed E-state index contributed by atoms with van der Waals surface area (Å²) in [6.45, 7) is 0. The second-order valence-corrected chi connectivity index (χ2v) is 3.74. The summed E-state index contributed by atoms with van der Waals surface area (Å²) in [5.74, 6) is 0.500. The summed E-state index contributed by atoms with van der Waals surface area (Å²) in [6.07, 6.45) is 6.60. The van der Waals surface area contributed by atoms with Crippen LogP contribution in [-0.4, -0.2) is 12.2 Å². The summed E-state index contributed by atoms with van der Waals surface area (Å²) in [6, 6.07) is 10.6. The Morgan fingerprint density at radius 2 is 2.00 bits per heavy atom. The highest BCUT2D eigenvalue weighted by Gasteiger charge is 2.45. The van der Waals surface area contributed by atoms with Gasteiger partial charge >= 0.3 is 0 Å². The van der Waals surface area contributed by atoms with E-state index in [0.29, 0.717) is 18.1 Å². The van der Waals surface area contributed by atoms with Crippen molar-refractivity contribution in [3.8, 4) is 0 Å². The second-order valence-electron chi connectivity index (χ2n) is 3.74. The summed E-state index contributed by atoms with van der Waals surface area (Å²) in [7, 11) is 0. The van der Waals surface area contributed by atoms with E-state index in [-0.39, 0.29) is 0 Å². The molecule has 3 atom stereocenters. The van der Waals surface area contributed by atoms with Crippen LogP contribution in [0.25, 0.3) is 0 Å². The Labute approximate surface area is 78.0 Å². The SMILES string of the molecule is C1=C[C@H](c2ccccc2)[C@@H]2O[C@@H]2C1. The van der Waals surface area contributed by atoms with E-state index in [0.717, 1.165) is 6.42 Å². The lowest BCUT2D eigenvalue weighted by molar-refractivity contribution is 0.366. The van der Waals surface area contributed by atoms with E-state index in [2.05, 4.69) is 42.5 Å². The lowest BCUT2D eigenvalue weighted by Gasteiger charge is -2.12. The molecule has 0 aromatic heterocycles. The van der Waals surface area contributed by atoms with Crippen molar-refractivity contribution in [2.24, 2.45) is 0 Å². The summed E-state index contributed by atoms with van der Waals surface area (Å²) in [4.78, 5) is 0. The molecule has 13 heavy (non-hydrogen) atoms. The highest BCUT2D eigenvalue weighted by Crippen LogP contribution is 2.42. The van der Waals surface area contributed by atoms with Crippen LogP contribution in [0, 0.1) is 0 Å². The number of ether oxygens (including phenoxy) is 1. The molecule has 1 fully saturated rings. The van der Waals surface area contributed by atoms with Gasteiger partial charge in [0.1, 0.15) is 0 Å². The number of epoxide rings is 1. The number of hydrogen-bond donors (Lipinski definition) is 0. The minimum atomic E-state index is 0.465. The zero-order valence-corrected chi connectivity index (χ0v) is 7.39. The molecule has 2 aliphatic rings. The van der Waals surface area contributed by atoms with E-state index in [1.54, 1.807) is 0 Å². The molecular formula is C12H12O. The minimum absolute atomic E-state index is 0.465. The first-order valence-corrected chi connectivity index (χ1v) is 4.82. The van der Waals surface area contributed by atoms with Crippen LogP contribution in [0.15, 0.2) is 42.5 Å². The van der Waals surface area contributed by atoms with Gasteiger partial charge in [-0.3, -0.25) is 0 Å². The summed E-state index contributed by atoms with van der Waals surface area (Å²) in [5.41, 5.74) is 1.38. The zero-order valence-electron chi connectivity index (χ0n) is 7.39. The molecule has 0 amide bonds. The predicted molar refractivity (Wildman–Crippen MR) is 51.6 cm³/mol. The first-order chi connectivity index (χ1) is 6.45. The maximum atomic E-state index is 5.58. The Morgan fingerprint density at radius 3 is 2.85 bits per heavy atom. The number of rotatable bonds is 1. The predicted octanol–water partition coefficient (Wildman–Crippen LogP) is 2.50. The van der Waals surface area contributed by atoms with E-state index in [1.807, 2.05) is 0 Å². The minimum Gasteiger partial charge on any atom is -0.368 e. The number of benzene rings is 1. The fraction of sp³-hybridized carbons (Fsp3) is 0.333. The molecule has 0 saturated carbocycles. The maximum absolute atomic E-state index is 5.58. The Bertz CT molecular complexity index is 328. The highest BCUT2D eigenvalue weighted by molar-refractivity contribution is 5.30. The molecule has 0 spiro atoms. The van der Waals surface area contributed by atoms with Crippen LogP contribution in [0.2, 0.25) is 0 Å². The fourth-order valence-electron chi connectivity index (χ4n) is 2.11. The standard InChI is InChI=1S/C12H12O/c1-2-5-9(6-3-1)10-7-4-8-11-12(10)13-11/h1-7,10-12H,8H2/t10-,11-,12+/m1/s1. The van der Waals surface area contributed by atoms with Gasteiger partial charge in [-0.1, -0.05) is 42.5 Å². The van der Waals surface area contributed by atoms with E-state index in [4.69, 9.17) is 4.74 Å². The van der Waals surface area contributed by atoms with Gasteiger partial charge in [0, 0.05) is 5.92 Å². The van der Waals surface area contributed by atoms with Crippen molar-refractivity contribution in [3.05, 3.63) is 48.0 Å². The third-order valence-corrected chi connectivity index (χ3v) is 2.87. The van der Waals surface area contributed by atoms with E-state index in [1.165, 1.54) is 5.56 Å². The average Bonchev–Trinajstić information content (AvgIpc) is 2.97. The molecule has 0 unspecified atom stereocenters. The van der Waals surface area contributed by atoms with Crippen molar-refractivity contribution in [2.45, 2.75) is 24.5 Å². The van der Waals surface area contributed by atoms with Crippen LogP contribution < -0.4 is 0 Å². The highest BCUT2D eigenvalue weighted by atomic mass is 16.6. The third kappa shape index (κ3) is 1.20. The molecule has 1 aromatic carbocycles. The Morgan fingerprint density at radius 1 is 1.15 bits per heavy atom. The van der Waals surface area contributed by atoms with Gasteiger partial charge in [0.15, 0.2) is 0 Å². The largest absolute Gasteiger partial charge is 0.368 e. The van der Waals surface area contributed by atoms with Gasteiger partial charge in [0.2, 0.25) is 0 Å². The summed E-state index contributed by atoms with van der Waals surface area (Å²) in [5, 5.41) is 0. The zero-order chi connectivity index (χ0) is 8.67. The summed E-state index contributed by atoms with van der Waals surface area (Å²) >= 11 is 0. The Hall–Kier alpha value is -1.08. The van der Waals surface area contributed by atoms with Crippen LogP contribution in [0.4, 0.5) is 0 Å². The van der Waals surface area contributed by atoms with E-state index in [9.17, 15) is 0 Å². The first-order valence-electron chi connectivity index (χ1n) is 4.82. The van der Waals surface area contributed by atoms with Crippen molar-refractivity contribution >= 4 is 0 Å². The van der Waals surface area contributed by atoms with Gasteiger partial charge in [0.05, 0.1) is 12.2 Å². The van der Waals surface area contributed by atoms with Crippen LogP contribution >= 0.6 is 0 Å². The number of hydrogen-bond acceptors (Lipinski definition) is 1. The van der Waals surface area contributed by atoms with Crippen LogP contribution in [0.3, 0.4) is 0 Å². The van der Waals surface area contributed by atoms with Gasteiger partial charge in [-0.05, 0) is 12.0 Å². The van der Waals surface area contributed by atoms with Gasteiger partial charge in [-0.15, -0.1) is 0 Å². The summed E-state index contributed by atoms with van der Waals surface area (Å²) < 4.78 is 5.58. The van der Waals surface area contributed by atoms with Crippen molar-refractivity contribution < 1.29 is 4.74 Å². The molecule has 0 N–H and O–H groups in total. The van der Waals surface area contributed by atoms with E-state index < -0.39 is 0 Å². The molecule has 0 bridgehead atoms. The molecule has 1 aromatic rings. The van der Waals surface area contributed by atoms with Gasteiger partial charge in [0.25, 0.3) is 0 Å². The van der Waals surface area contributed by atoms with Crippen molar-refractivity contribution in [1.29, 1.82) is 0 Å². The quantitative estimate of drug-likeness (QED) is 0.468. The Kier molecular flexibility index (Phi) is 1.53. The third-order valence-electron chi connectivity index (χ3n) is 2.87. The van der Waals surface area contributed by atoms with Gasteiger partial charge in [-0.2, -0.15) is 0 Å². The molecule has 1 nitrogen and oxygen atoms in total. The molecule has 1 saturated heterocycles. The molecular weight excluding hydrogens is 160 g/mol. The van der Waals surface area contributed by atoms with Gasteiger partial charge < -0.3 is 4.74 Å².